The van der Waals surface area contributed by atoms with Gasteiger partial charge in [-0.05, 0) is 24.3 Å². The van der Waals surface area contributed by atoms with Gasteiger partial charge in [-0.15, -0.1) is 5.10 Å². The minimum absolute atomic E-state index is 0.0231. The molecule has 0 aliphatic carbocycles. The highest BCUT2D eigenvalue weighted by atomic mass is 32.1. The number of fused-ring (bicyclic) bond motifs is 1. The van der Waals surface area contributed by atoms with Gasteiger partial charge < -0.3 is 4.57 Å². The highest BCUT2D eigenvalue weighted by Crippen LogP contribution is 2.15. The number of benzene rings is 2. The van der Waals surface area contributed by atoms with Crippen LogP contribution in [0.2, 0.25) is 0 Å². The SMILES string of the molecule is Cn1/c(=N/NC(=O)c2ccccc2F)sc2ccccc21. The van der Waals surface area contributed by atoms with Crippen molar-refractivity contribution < 1.29 is 9.18 Å². The summed E-state index contributed by atoms with van der Waals surface area (Å²) < 4.78 is 16.5. The van der Waals surface area contributed by atoms with Crippen LogP contribution in [0.3, 0.4) is 0 Å². The molecule has 21 heavy (non-hydrogen) atoms. The lowest BCUT2D eigenvalue weighted by Gasteiger charge is -2.00. The Hall–Kier alpha value is -2.47. The van der Waals surface area contributed by atoms with Gasteiger partial charge in [-0.1, -0.05) is 35.6 Å². The normalized spacial score (nSPS) is 11.8. The second-order valence-corrected chi connectivity index (χ2v) is 5.45. The Kier molecular flexibility index (Phi) is 3.53. The van der Waals surface area contributed by atoms with Gasteiger partial charge in [0.2, 0.25) is 4.80 Å². The van der Waals surface area contributed by atoms with Crippen molar-refractivity contribution >= 4 is 27.5 Å². The Bertz CT molecular complexity index is 882. The second kappa shape index (κ2) is 5.49. The molecule has 1 aromatic heterocycles. The molecule has 0 unspecified atom stereocenters. The summed E-state index contributed by atoms with van der Waals surface area (Å²) >= 11 is 1.45. The molecule has 1 N–H and O–H groups in total. The number of aromatic nitrogens is 1. The zero-order valence-corrected chi connectivity index (χ0v) is 12.0. The number of thiazole rings is 1. The fourth-order valence-electron chi connectivity index (χ4n) is 1.99. The largest absolute Gasteiger partial charge is 0.318 e. The molecule has 1 amide bonds. The zero-order chi connectivity index (χ0) is 14.8. The van der Waals surface area contributed by atoms with Crippen LogP contribution in [0.15, 0.2) is 53.6 Å². The molecule has 0 bridgehead atoms. The van der Waals surface area contributed by atoms with Crippen molar-refractivity contribution in [3.05, 3.63) is 64.7 Å². The Labute approximate surface area is 124 Å². The summed E-state index contributed by atoms with van der Waals surface area (Å²) in [7, 11) is 1.87. The number of hydrogen-bond donors (Lipinski definition) is 1. The van der Waals surface area contributed by atoms with Gasteiger partial charge in [0.15, 0.2) is 0 Å². The van der Waals surface area contributed by atoms with E-state index in [9.17, 15) is 9.18 Å². The number of nitrogens with one attached hydrogen (secondary N) is 1. The number of nitrogens with zero attached hydrogens (tertiary/aromatic N) is 2. The minimum atomic E-state index is -0.564. The number of halogens is 1. The van der Waals surface area contributed by atoms with Crippen LogP contribution in [0.4, 0.5) is 4.39 Å². The van der Waals surface area contributed by atoms with Gasteiger partial charge in [0.05, 0.1) is 15.8 Å². The topological polar surface area (TPSA) is 46.4 Å². The van der Waals surface area contributed by atoms with E-state index < -0.39 is 11.7 Å². The fraction of sp³-hybridized carbons (Fsp3) is 0.0667. The predicted octanol–water partition coefficient (Wildman–Crippen LogP) is 2.62. The number of amides is 1. The molecule has 0 saturated heterocycles. The molecule has 0 fully saturated rings. The average molecular weight is 301 g/mol. The van der Waals surface area contributed by atoms with Gasteiger partial charge >= 0.3 is 0 Å². The first-order valence-electron chi connectivity index (χ1n) is 6.30. The summed E-state index contributed by atoms with van der Waals surface area (Å²) in [5.74, 6) is -1.13. The average Bonchev–Trinajstić information content (AvgIpc) is 2.82. The second-order valence-electron chi connectivity index (χ2n) is 4.44. The molecule has 0 saturated carbocycles. The van der Waals surface area contributed by atoms with E-state index in [4.69, 9.17) is 0 Å². The lowest BCUT2D eigenvalue weighted by molar-refractivity contribution is 0.0949. The van der Waals surface area contributed by atoms with Crippen LogP contribution in [0.25, 0.3) is 10.2 Å². The number of carbonyl (C=O) groups is 1. The summed E-state index contributed by atoms with van der Waals surface area (Å²) in [6, 6.07) is 13.7. The molecule has 0 radical (unpaired) electrons. The molecule has 2 aromatic carbocycles. The maximum absolute atomic E-state index is 13.5. The number of para-hydroxylation sites is 1. The third kappa shape index (κ3) is 2.57. The summed E-state index contributed by atoms with van der Waals surface area (Å²) in [6.45, 7) is 0. The molecule has 3 rings (SSSR count). The molecule has 0 atom stereocenters. The number of aryl methyl sites for hydroxylation is 1. The Morgan fingerprint density at radius 3 is 2.67 bits per heavy atom. The summed E-state index contributed by atoms with van der Waals surface area (Å²) in [6.07, 6.45) is 0. The Morgan fingerprint density at radius 2 is 1.90 bits per heavy atom. The zero-order valence-electron chi connectivity index (χ0n) is 11.2. The first-order valence-corrected chi connectivity index (χ1v) is 7.11. The fourth-order valence-corrected chi connectivity index (χ4v) is 2.97. The molecule has 106 valence electrons. The van der Waals surface area contributed by atoms with Gasteiger partial charge in [-0.25, -0.2) is 9.82 Å². The molecule has 1 heterocycles. The number of hydrogen-bond acceptors (Lipinski definition) is 3. The first-order chi connectivity index (χ1) is 10.2. The van der Waals surface area contributed by atoms with Crippen LogP contribution < -0.4 is 10.2 Å². The molecule has 4 nitrogen and oxygen atoms in total. The van der Waals surface area contributed by atoms with Crippen molar-refractivity contribution in [2.75, 3.05) is 0 Å². The Balaban J connectivity index is 1.93. The van der Waals surface area contributed by atoms with Crippen LogP contribution in [0.5, 0.6) is 0 Å². The smallest absolute Gasteiger partial charge is 0.274 e. The summed E-state index contributed by atoms with van der Waals surface area (Å²) in [5.41, 5.74) is 3.40. The third-order valence-corrected chi connectivity index (χ3v) is 4.20. The molecule has 6 heteroatoms. The van der Waals surface area contributed by atoms with E-state index in [-0.39, 0.29) is 5.56 Å². The quantitative estimate of drug-likeness (QED) is 0.727. The van der Waals surface area contributed by atoms with Crippen molar-refractivity contribution in [3.8, 4) is 0 Å². The number of rotatable bonds is 2. The third-order valence-electron chi connectivity index (χ3n) is 3.09. The van der Waals surface area contributed by atoms with E-state index in [0.29, 0.717) is 4.80 Å². The van der Waals surface area contributed by atoms with Crippen molar-refractivity contribution in [1.29, 1.82) is 0 Å². The number of carbonyl (C=O) groups excluding carboxylic acids is 1. The van der Waals surface area contributed by atoms with Gasteiger partial charge in [0.1, 0.15) is 5.82 Å². The molecule has 0 spiro atoms. The van der Waals surface area contributed by atoms with E-state index in [2.05, 4.69) is 10.5 Å². The highest BCUT2D eigenvalue weighted by molar-refractivity contribution is 7.16. The standard InChI is InChI=1S/C15H12FN3OS/c1-19-12-8-4-5-9-13(12)21-15(19)18-17-14(20)10-6-2-3-7-11(10)16/h2-9H,1H3,(H,17,20)/b18-15-. The van der Waals surface area contributed by atoms with Crippen LogP contribution in [-0.4, -0.2) is 10.5 Å². The van der Waals surface area contributed by atoms with Crippen molar-refractivity contribution in [3.63, 3.8) is 0 Å². The summed E-state index contributed by atoms with van der Waals surface area (Å²) in [5, 5.41) is 4.08. The van der Waals surface area contributed by atoms with Gasteiger partial charge in [-0.2, -0.15) is 0 Å². The van der Waals surface area contributed by atoms with Gasteiger partial charge in [-0.3, -0.25) is 4.79 Å². The minimum Gasteiger partial charge on any atom is -0.318 e. The van der Waals surface area contributed by atoms with Gasteiger partial charge in [0, 0.05) is 7.05 Å². The predicted molar refractivity (Wildman–Crippen MR) is 80.2 cm³/mol. The van der Waals surface area contributed by atoms with Crippen LogP contribution >= 0.6 is 11.3 Å². The van der Waals surface area contributed by atoms with Crippen molar-refractivity contribution in [2.45, 2.75) is 0 Å². The monoisotopic (exact) mass is 301 g/mol. The van der Waals surface area contributed by atoms with E-state index >= 15 is 0 Å². The lowest BCUT2D eigenvalue weighted by atomic mass is 10.2. The molecular formula is C15H12FN3OS. The molecule has 0 aliphatic heterocycles. The maximum Gasteiger partial charge on any atom is 0.274 e. The first kappa shape index (κ1) is 13.5. The lowest BCUT2D eigenvalue weighted by Crippen LogP contribution is -2.23. The highest BCUT2D eigenvalue weighted by Gasteiger charge is 2.10. The maximum atomic E-state index is 13.5. The van der Waals surface area contributed by atoms with Crippen LogP contribution in [0.1, 0.15) is 10.4 Å². The molecule has 0 aliphatic rings. The Morgan fingerprint density at radius 1 is 1.19 bits per heavy atom. The van der Waals surface area contributed by atoms with E-state index in [1.807, 2.05) is 35.9 Å². The van der Waals surface area contributed by atoms with Crippen LogP contribution in [0, 0.1) is 5.82 Å². The van der Waals surface area contributed by atoms with Crippen molar-refractivity contribution in [2.24, 2.45) is 12.1 Å². The summed E-state index contributed by atoms with van der Waals surface area (Å²) in [4.78, 5) is 12.6. The van der Waals surface area contributed by atoms with Crippen LogP contribution in [-0.2, 0) is 7.05 Å². The molecule has 3 aromatic rings. The van der Waals surface area contributed by atoms with Gasteiger partial charge in [0.25, 0.3) is 5.91 Å². The van der Waals surface area contributed by atoms with E-state index in [1.54, 1.807) is 6.07 Å². The van der Waals surface area contributed by atoms with E-state index in [1.165, 1.54) is 29.5 Å². The van der Waals surface area contributed by atoms with E-state index in [0.717, 1.165) is 10.2 Å². The molecular weight excluding hydrogens is 289 g/mol. The van der Waals surface area contributed by atoms with Crippen molar-refractivity contribution in [1.82, 2.24) is 9.99 Å².